The lowest BCUT2D eigenvalue weighted by Crippen LogP contribution is -2.25. The van der Waals surface area contributed by atoms with Gasteiger partial charge >= 0.3 is 6.18 Å². The van der Waals surface area contributed by atoms with E-state index in [1.165, 1.54) is 12.1 Å². The highest BCUT2D eigenvalue weighted by molar-refractivity contribution is 7.12. The SMILES string of the molecule is O=C(CC(=O)C(F)(F)F)c1cccs1.[Al]. The zero-order valence-corrected chi connectivity index (χ0v) is 9.35. The molecule has 0 aliphatic carbocycles. The van der Waals surface area contributed by atoms with Crippen LogP contribution in [0.1, 0.15) is 16.1 Å². The molecule has 0 amide bonds. The summed E-state index contributed by atoms with van der Waals surface area (Å²) >= 11 is 1.01. The smallest absolute Gasteiger partial charge is 0.293 e. The standard InChI is InChI=1S/C8H5F3O2S.Al/c9-8(10,11)7(13)4-5(12)6-2-1-3-14-6;/h1-3H,4H2;. The molecule has 1 rings (SSSR count). The second-order valence-corrected chi connectivity index (χ2v) is 3.45. The molecule has 0 atom stereocenters. The zero-order valence-electron chi connectivity index (χ0n) is 7.38. The van der Waals surface area contributed by atoms with Crippen molar-refractivity contribution in [2.45, 2.75) is 12.6 Å². The zero-order chi connectivity index (χ0) is 10.8. The fourth-order valence-corrected chi connectivity index (χ4v) is 1.43. The van der Waals surface area contributed by atoms with Crippen molar-refractivity contribution in [1.82, 2.24) is 0 Å². The maximum atomic E-state index is 11.8. The third-order valence-electron chi connectivity index (χ3n) is 1.43. The molecule has 0 unspecified atom stereocenters. The maximum absolute atomic E-state index is 11.8. The lowest BCUT2D eigenvalue weighted by atomic mass is 10.2. The molecule has 0 aliphatic rings. The van der Waals surface area contributed by atoms with Gasteiger partial charge in [-0.25, -0.2) is 0 Å². The summed E-state index contributed by atoms with van der Waals surface area (Å²) in [5.74, 6) is -2.79. The Labute approximate surface area is 98.2 Å². The van der Waals surface area contributed by atoms with E-state index in [0.717, 1.165) is 11.3 Å². The van der Waals surface area contributed by atoms with E-state index in [1.54, 1.807) is 5.38 Å². The van der Waals surface area contributed by atoms with Crippen LogP contribution >= 0.6 is 11.3 Å². The number of thiophene rings is 1. The molecule has 1 aromatic heterocycles. The molecule has 1 heterocycles. The van der Waals surface area contributed by atoms with Gasteiger partial charge in [-0.05, 0) is 11.4 Å². The number of carbonyl (C=O) groups excluding carboxylic acids is 2. The first-order chi connectivity index (χ1) is 6.41. The van der Waals surface area contributed by atoms with E-state index in [9.17, 15) is 22.8 Å². The van der Waals surface area contributed by atoms with Crippen molar-refractivity contribution in [1.29, 1.82) is 0 Å². The highest BCUT2D eigenvalue weighted by atomic mass is 32.1. The van der Waals surface area contributed by atoms with Crippen LogP contribution in [0.5, 0.6) is 0 Å². The lowest BCUT2D eigenvalue weighted by molar-refractivity contribution is -0.169. The number of carbonyl (C=O) groups is 2. The van der Waals surface area contributed by atoms with Gasteiger partial charge in [0.15, 0.2) is 5.78 Å². The molecular formula is C8H5AlF3O2S. The molecule has 0 spiro atoms. The molecule has 0 N–H and O–H groups in total. The van der Waals surface area contributed by atoms with Crippen LogP contribution in [0.3, 0.4) is 0 Å². The van der Waals surface area contributed by atoms with Crippen LogP contribution in [0, 0.1) is 0 Å². The molecule has 15 heavy (non-hydrogen) atoms. The Hall–Kier alpha value is -0.638. The lowest BCUT2D eigenvalue weighted by Gasteiger charge is -2.02. The van der Waals surface area contributed by atoms with E-state index in [4.69, 9.17) is 0 Å². The maximum Gasteiger partial charge on any atom is 0.450 e. The van der Waals surface area contributed by atoms with Crippen LogP contribution in [0.25, 0.3) is 0 Å². The number of Topliss-reactive ketones (excluding diaryl/α,β-unsaturated/α-hetero) is 2. The van der Waals surface area contributed by atoms with E-state index in [1.807, 2.05) is 0 Å². The van der Waals surface area contributed by atoms with Crippen molar-refractivity contribution >= 4 is 40.3 Å². The molecule has 0 bridgehead atoms. The summed E-state index contributed by atoms with van der Waals surface area (Å²) in [5, 5.41) is 1.56. The molecule has 0 fully saturated rings. The van der Waals surface area contributed by atoms with Gasteiger partial charge in [0, 0.05) is 17.4 Å². The van der Waals surface area contributed by atoms with Gasteiger partial charge in [0.25, 0.3) is 0 Å². The first kappa shape index (κ1) is 14.4. The summed E-state index contributed by atoms with van der Waals surface area (Å²) in [4.78, 5) is 21.7. The third-order valence-corrected chi connectivity index (χ3v) is 2.34. The first-order valence-corrected chi connectivity index (χ1v) is 4.46. The van der Waals surface area contributed by atoms with Crippen LogP contribution < -0.4 is 0 Å². The predicted molar refractivity (Wildman–Crippen MR) is 50.1 cm³/mol. The van der Waals surface area contributed by atoms with E-state index < -0.39 is 24.2 Å². The Morgan fingerprint density at radius 2 is 1.93 bits per heavy atom. The summed E-state index contributed by atoms with van der Waals surface area (Å²) in [6.45, 7) is 0. The predicted octanol–water partition coefficient (Wildman–Crippen LogP) is 2.07. The minimum Gasteiger partial charge on any atom is -0.293 e. The summed E-state index contributed by atoms with van der Waals surface area (Å²) in [5.41, 5.74) is 0. The van der Waals surface area contributed by atoms with Crippen molar-refractivity contribution in [2.24, 2.45) is 0 Å². The summed E-state index contributed by atoms with van der Waals surface area (Å²) < 4.78 is 35.3. The Kier molecular flexibility index (Phi) is 5.22. The Morgan fingerprint density at radius 3 is 2.33 bits per heavy atom. The molecule has 1 aromatic rings. The normalized spacial score (nSPS) is 10.6. The number of hydrogen-bond acceptors (Lipinski definition) is 3. The highest BCUT2D eigenvalue weighted by Gasteiger charge is 2.39. The molecule has 79 valence electrons. The van der Waals surface area contributed by atoms with Crippen LogP contribution in [0.4, 0.5) is 13.2 Å². The van der Waals surface area contributed by atoms with Gasteiger partial charge in [-0.3, -0.25) is 9.59 Å². The number of ketones is 2. The minimum atomic E-state index is -4.92. The van der Waals surface area contributed by atoms with Crippen molar-refractivity contribution in [3.63, 3.8) is 0 Å². The van der Waals surface area contributed by atoms with Gasteiger partial charge in [0.1, 0.15) is 0 Å². The molecular weight excluding hydrogens is 244 g/mol. The fraction of sp³-hybridized carbons (Fsp3) is 0.250. The molecule has 0 saturated heterocycles. The number of hydrogen-bond donors (Lipinski definition) is 0. The average Bonchev–Trinajstić information content (AvgIpc) is 2.53. The van der Waals surface area contributed by atoms with Crippen molar-refractivity contribution in [3.8, 4) is 0 Å². The van der Waals surface area contributed by atoms with Gasteiger partial charge in [-0.1, -0.05) is 6.07 Å². The minimum absolute atomic E-state index is 0. The van der Waals surface area contributed by atoms with Crippen molar-refractivity contribution in [2.75, 3.05) is 0 Å². The van der Waals surface area contributed by atoms with E-state index in [0.29, 0.717) is 0 Å². The molecule has 7 heteroatoms. The summed E-state index contributed by atoms with van der Waals surface area (Å²) in [6, 6.07) is 2.92. The van der Waals surface area contributed by atoms with Crippen LogP contribution in [-0.4, -0.2) is 35.1 Å². The van der Waals surface area contributed by atoms with Gasteiger partial charge in [-0.2, -0.15) is 13.2 Å². The summed E-state index contributed by atoms with van der Waals surface area (Å²) in [7, 11) is 0. The van der Waals surface area contributed by atoms with Gasteiger partial charge in [-0.15, -0.1) is 11.3 Å². The van der Waals surface area contributed by atoms with Gasteiger partial charge in [0.05, 0.1) is 11.3 Å². The largest absolute Gasteiger partial charge is 0.450 e. The van der Waals surface area contributed by atoms with Gasteiger partial charge in [0.2, 0.25) is 5.78 Å². The van der Waals surface area contributed by atoms with E-state index >= 15 is 0 Å². The molecule has 0 aromatic carbocycles. The van der Waals surface area contributed by atoms with Crippen molar-refractivity contribution < 1.29 is 22.8 Å². The third kappa shape index (κ3) is 4.16. The van der Waals surface area contributed by atoms with Crippen molar-refractivity contribution in [3.05, 3.63) is 22.4 Å². The second-order valence-electron chi connectivity index (χ2n) is 2.50. The van der Waals surface area contributed by atoms with Crippen LogP contribution in [0.2, 0.25) is 0 Å². The number of alkyl halides is 3. The Bertz CT molecular complexity index is 345. The topological polar surface area (TPSA) is 34.1 Å². The summed E-state index contributed by atoms with van der Waals surface area (Å²) in [6.07, 6.45) is -6.03. The van der Waals surface area contributed by atoms with Crippen LogP contribution in [-0.2, 0) is 4.79 Å². The quantitative estimate of drug-likeness (QED) is 0.467. The van der Waals surface area contributed by atoms with Gasteiger partial charge < -0.3 is 0 Å². The highest BCUT2D eigenvalue weighted by Crippen LogP contribution is 2.20. The Morgan fingerprint density at radius 1 is 1.33 bits per heavy atom. The molecule has 0 saturated carbocycles. The number of rotatable bonds is 3. The molecule has 0 aliphatic heterocycles. The second kappa shape index (κ2) is 5.45. The fourth-order valence-electron chi connectivity index (χ4n) is 0.770. The van der Waals surface area contributed by atoms with E-state index in [-0.39, 0.29) is 22.2 Å². The Balaban J connectivity index is 0.00000196. The molecule has 3 radical (unpaired) electrons. The van der Waals surface area contributed by atoms with E-state index in [2.05, 4.69) is 0 Å². The first-order valence-electron chi connectivity index (χ1n) is 3.58. The number of halogens is 3. The average molecular weight is 249 g/mol. The monoisotopic (exact) mass is 249 g/mol. The molecule has 2 nitrogen and oxygen atoms in total. The van der Waals surface area contributed by atoms with Crippen LogP contribution in [0.15, 0.2) is 17.5 Å².